The van der Waals surface area contributed by atoms with Crippen molar-refractivity contribution in [2.45, 2.75) is 24.6 Å². The summed E-state index contributed by atoms with van der Waals surface area (Å²) >= 11 is 5.73. The number of morpholine rings is 1. The Kier molecular flexibility index (Phi) is 9.46. The lowest BCUT2D eigenvalue weighted by molar-refractivity contribution is -0.209. The van der Waals surface area contributed by atoms with Gasteiger partial charge in [-0.1, -0.05) is 23.7 Å². The predicted octanol–water partition coefficient (Wildman–Crippen LogP) is 6.33. The van der Waals surface area contributed by atoms with Gasteiger partial charge in [0.1, 0.15) is 0 Å². The summed E-state index contributed by atoms with van der Waals surface area (Å²) in [6.07, 6.45) is -13.8. The van der Waals surface area contributed by atoms with Crippen LogP contribution in [-0.2, 0) is 15.7 Å². The van der Waals surface area contributed by atoms with E-state index in [1.54, 1.807) is 0 Å². The van der Waals surface area contributed by atoms with Crippen molar-refractivity contribution in [2.24, 2.45) is 0 Å². The normalized spacial score (nSPS) is 18.0. The van der Waals surface area contributed by atoms with Crippen LogP contribution in [0.1, 0.15) is 17.2 Å². The number of rotatable bonds is 5. The van der Waals surface area contributed by atoms with Gasteiger partial charge in [0.15, 0.2) is 0 Å². The maximum atomic E-state index is 13.5. The molecule has 0 aliphatic carbocycles. The number of nitrogens with one attached hydrogen (secondary N) is 1. The number of benzene rings is 2. The van der Waals surface area contributed by atoms with E-state index in [2.05, 4.69) is 10.1 Å². The molecule has 1 heterocycles. The van der Waals surface area contributed by atoms with E-state index in [0.717, 1.165) is 12.1 Å². The molecule has 0 spiro atoms. The van der Waals surface area contributed by atoms with Crippen LogP contribution in [0.2, 0.25) is 5.02 Å². The van der Waals surface area contributed by atoms with Gasteiger partial charge < -0.3 is 9.47 Å². The first kappa shape index (κ1) is 28.0. The minimum Gasteiger partial charge on any atom is -0.435 e. The molecule has 13 heteroatoms. The first-order valence-electron chi connectivity index (χ1n) is 9.73. The van der Waals surface area contributed by atoms with E-state index < -0.39 is 42.8 Å². The van der Waals surface area contributed by atoms with Gasteiger partial charge in [-0.2, -0.15) is 26.3 Å². The van der Waals surface area contributed by atoms with E-state index >= 15 is 0 Å². The van der Waals surface area contributed by atoms with Crippen LogP contribution in [0.4, 0.5) is 36.8 Å². The third-order valence-electron chi connectivity index (χ3n) is 4.89. The molecule has 5 nitrogen and oxygen atoms in total. The summed E-state index contributed by atoms with van der Waals surface area (Å²) in [5.41, 5.74) is -0.229. The van der Waals surface area contributed by atoms with Crippen molar-refractivity contribution < 1.29 is 40.6 Å². The maximum absolute atomic E-state index is 13.5. The van der Waals surface area contributed by atoms with Crippen LogP contribution in [0.5, 0.6) is 0 Å². The number of anilines is 1. The van der Waals surface area contributed by atoms with Crippen molar-refractivity contribution in [3.63, 3.8) is 0 Å². The summed E-state index contributed by atoms with van der Waals surface area (Å²) in [5, 5.41) is 2.59. The second kappa shape index (κ2) is 11.5. The second-order valence-corrected chi connectivity index (χ2v) is 7.74. The monoisotopic (exact) mass is 532 g/mol. The number of ether oxygens (including phenoxy) is 2. The summed E-state index contributed by atoms with van der Waals surface area (Å²) in [5.74, 6) is 0. The molecule has 1 N–H and O–H groups in total. The Labute approximate surface area is 202 Å². The summed E-state index contributed by atoms with van der Waals surface area (Å²) < 4.78 is 88.9. The fourth-order valence-electron chi connectivity index (χ4n) is 3.21. The highest BCUT2D eigenvalue weighted by Gasteiger charge is 2.44. The number of alkyl halides is 6. The molecule has 2 aromatic rings. The largest absolute Gasteiger partial charge is 0.435 e. The van der Waals surface area contributed by atoms with E-state index in [0.29, 0.717) is 10.6 Å². The maximum Gasteiger partial charge on any atom is 0.426 e. The van der Waals surface area contributed by atoms with Gasteiger partial charge in [0.05, 0.1) is 18.3 Å². The van der Waals surface area contributed by atoms with Crippen molar-refractivity contribution in [2.75, 3.05) is 31.6 Å². The molecule has 1 aliphatic heterocycles. The number of hydrogen-bond donors (Lipinski definition) is 1. The van der Waals surface area contributed by atoms with Gasteiger partial charge in [-0.25, -0.2) is 4.79 Å². The van der Waals surface area contributed by atoms with Gasteiger partial charge in [0.2, 0.25) is 6.10 Å². The molecule has 2 atom stereocenters. The third-order valence-corrected chi connectivity index (χ3v) is 5.14. The minimum absolute atomic E-state index is 0. The standard InChI is InChI=1S/C21H19ClF6N2O3.ClH/c22-15-5-7-16(8-6-15)29-19(31)33-18(21(26,27)28)12-30-9-10-32-17(11-30)13-1-3-14(4-2-13)20(23,24)25;/h1-8,17-18H,9-12H2,(H,29,31);1H/t17-,18-;/m0./s1. The molecule has 3 rings (SSSR count). The predicted molar refractivity (Wildman–Crippen MR) is 115 cm³/mol. The van der Waals surface area contributed by atoms with Crippen LogP contribution in [0.3, 0.4) is 0 Å². The Hall–Kier alpha value is -2.21. The lowest BCUT2D eigenvalue weighted by atomic mass is 10.0. The highest BCUT2D eigenvalue weighted by molar-refractivity contribution is 6.30. The van der Waals surface area contributed by atoms with E-state index in [-0.39, 0.29) is 37.8 Å². The van der Waals surface area contributed by atoms with E-state index in [1.165, 1.54) is 41.3 Å². The summed E-state index contributed by atoms with van der Waals surface area (Å²) in [6, 6.07) is 9.95. The lowest BCUT2D eigenvalue weighted by Gasteiger charge is -2.35. The fourth-order valence-corrected chi connectivity index (χ4v) is 3.33. The van der Waals surface area contributed by atoms with Crippen LogP contribution in [0.25, 0.3) is 0 Å². The van der Waals surface area contributed by atoms with Crippen molar-refractivity contribution in [1.82, 2.24) is 4.90 Å². The summed E-state index contributed by atoms with van der Waals surface area (Å²) in [6.45, 7) is -0.475. The molecule has 1 amide bonds. The van der Waals surface area contributed by atoms with E-state index in [9.17, 15) is 31.1 Å². The number of carbonyl (C=O) groups excluding carboxylic acids is 1. The van der Waals surface area contributed by atoms with Gasteiger partial charge in [-0.05, 0) is 42.0 Å². The lowest BCUT2D eigenvalue weighted by Crippen LogP contribution is -2.48. The van der Waals surface area contributed by atoms with Crippen LogP contribution >= 0.6 is 24.0 Å². The number of amides is 1. The van der Waals surface area contributed by atoms with Gasteiger partial charge in [0.25, 0.3) is 0 Å². The van der Waals surface area contributed by atoms with Crippen LogP contribution < -0.4 is 5.32 Å². The van der Waals surface area contributed by atoms with E-state index in [1.807, 2.05) is 0 Å². The van der Waals surface area contributed by atoms with Crippen molar-refractivity contribution in [1.29, 1.82) is 0 Å². The molecule has 188 valence electrons. The number of carbonyl (C=O) groups is 1. The Morgan fingerprint density at radius 3 is 2.26 bits per heavy atom. The number of nitrogens with zero attached hydrogens (tertiary/aromatic N) is 1. The molecule has 0 unspecified atom stereocenters. The molecule has 0 radical (unpaired) electrons. The molecule has 0 aromatic heterocycles. The Morgan fingerprint density at radius 1 is 1.09 bits per heavy atom. The molecule has 0 saturated carbocycles. The highest BCUT2D eigenvalue weighted by atomic mass is 35.5. The highest BCUT2D eigenvalue weighted by Crippen LogP contribution is 2.32. The van der Waals surface area contributed by atoms with Crippen molar-refractivity contribution in [3.05, 3.63) is 64.7 Å². The molecule has 0 bridgehead atoms. The van der Waals surface area contributed by atoms with Gasteiger partial charge >= 0.3 is 18.4 Å². The molecule has 2 aromatic carbocycles. The summed E-state index contributed by atoms with van der Waals surface area (Å²) in [7, 11) is 0. The van der Waals surface area contributed by atoms with Crippen molar-refractivity contribution >= 4 is 35.8 Å². The molecule has 1 aliphatic rings. The zero-order valence-electron chi connectivity index (χ0n) is 17.3. The third kappa shape index (κ3) is 7.93. The average Bonchev–Trinajstić information content (AvgIpc) is 2.74. The average molecular weight is 533 g/mol. The van der Waals surface area contributed by atoms with Gasteiger partial charge in [-0.3, -0.25) is 10.2 Å². The SMILES string of the molecule is Cl.O=C(Nc1ccc(Cl)cc1)O[C@@H](CN1CCO[C@H](c2ccc(C(F)(F)F)cc2)C1)C(F)(F)F. The minimum atomic E-state index is -4.83. The Balaban J connectivity index is 0.00000408. The summed E-state index contributed by atoms with van der Waals surface area (Å²) in [4.78, 5) is 13.4. The first-order valence-corrected chi connectivity index (χ1v) is 10.1. The van der Waals surface area contributed by atoms with E-state index in [4.69, 9.17) is 16.3 Å². The smallest absolute Gasteiger partial charge is 0.426 e. The Bertz CT molecular complexity index is 940. The Morgan fingerprint density at radius 2 is 1.71 bits per heavy atom. The topological polar surface area (TPSA) is 50.8 Å². The van der Waals surface area contributed by atoms with Crippen LogP contribution in [0.15, 0.2) is 48.5 Å². The van der Waals surface area contributed by atoms with Crippen molar-refractivity contribution in [3.8, 4) is 0 Å². The number of halogens is 8. The molecule has 34 heavy (non-hydrogen) atoms. The molecule has 1 saturated heterocycles. The first-order chi connectivity index (χ1) is 15.4. The number of hydrogen-bond acceptors (Lipinski definition) is 4. The molecular formula is C21H20Cl2F6N2O3. The van der Waals surface area contributed by atoms with Crippen LogP contribution in [0, 0.1) is 0 Å². The van der Waals surface area contributed by atoms with Gasteiger partial charge in [-0.15, -0.1) is 12.4 Å². The molecule has 1 fully saturated rings. The zero-order valence-corrected chi connectivity index (χ0v) is 18.9. The zero-order chi connectivity index (χ0) is 24.2. The van der Waals surface area contributed by atoms with Gasteiger partial charge in [0, 0.05) is 30.3 Å². The fraction of sp³-hybridized carbons (Fsp3) is 0.381. The van der Waals surface area contributed by atoms with Crippen LogP contribution in [-0.4, -0.2) is 49.5 Å². The second-order valence-electron chi connectivity index (χ2n) is 7.31. The quantitative estimate of drug-likeness (QED) is 0.457. The molecular weight excluding hydrogens is 513 g/mol.